The topological polar surface area (TPSA) is 52.5 Å². The van der Waals surface area contributed by atoms with Crippen molar-refractivity contribution in [3.63, 3.8) is 0 Å². The van der Waals surface area contributed by atoms with Crippen LogP contribution in [-0.2, 0) is 12.8 Å². The molecule has 2 heterocycles. The third-order valence-corrected chi connectivity index (χ3v) is 3.52. The highest BCUT2D eigenvalue weighted by molar-refractivity contribution is 5.47. The second kappa shape index (κ2) is 5.97. The summed E-state index contributed by atoms with van der Waals surface area (Å²) in [4.78, 5) is 4.55. The average molecular weight is 281 g/mol. The molecule has 0 atom stereocenters. The number of ether oxygens (including phenoxy) is 1. The number of aromatic nitrogens is 2. The summed E-state index contributed by atoms with van der Waals surface area (Å²) >= 11 is 0. The Morgan fingerprint density at radius 2 is 1.95 bits per heavy atom. The molecular weight excluding hydrogens is 262 g/mol. The molecule has 1 aromatic carbocycles. The Morgan fingerprint density at radius 3 is 2.67 bits per heavy atom. The smallest absolute Gasteiger partial charge is 0.241 e. The summed E-state index contributed by atoms with van der Waals surface area (Å²) in [5, 5.41) is 0. The zero-order valence-corrected chi connectivity index (χ0v) is 12.1. The lowest BCUT2D eigenvalue weighted by molar-refractivity contribution is 0.459. The molecule has 0 aliphatic heterocycles. The SMILES string of the molecule is CCc1ccc(Oc2nc3ccccn3c2CCN)cc1. The van der Waals surface area contributed by atoms with Crippen molar-refractivity contribution < 1.29 is 4.74 Å². The highest BCUT2D eigenvalue weighted by Gasteiger charge is 2.13. The molecule has 0 saturated heterocycles. The second-order valence-corrected chi connectivity index (χ2v) is 4.93. The van der Waals surface area contributed by atoms with E-state index in [9.17, 15) is 0 Å². The summed E-state index contributed by atoms with van der Waals surface area (Å²) in [6.07, 6.45) is 3.74. The number of nitrogens with two attached hydrogens (primary N) is 1. The fourth-order valence-electron chi connectivity index (χ4n) is 2.38. The lowest BCUT2D eigenvalue weighted by atomic mass is 10.2. The van der Waals surface area contributed by atoms with Gasteiger partial charge in [-0.25, -0.2) is 0 Å². The number of rotatable bonds is 5. The minimum absolute atomic E-state index is 0.563. The van der Waals surface area contributed by atoms with Gasteiger partial charge in [0.2, 0.25) is 5.88 Å². The molecule has 0 unspecified atom stereocenters. The minimum atomic E-state index is 0.563. The molecule has 0 radical (unpaired) electrons. The lowest BCUT2D eigenvalue weighted by Crippen LogP contribution is -2.06. The van der Waals surface area contributed by atoms with Crippen molar-refractivity contribution in [1.82, 2.24) is 9.38 Å². The van der Waals surface area contributed by atoms with Crippen LogP contribution in [0.25, 0.3) is 5.65 Å². The number of aryl methyl sites for hydroxylation is 1. The summed E-state index contributed by atoms with van der Waals surface area (Å²) in [5.41, 5.74) is 8.89. The summed E-state index contributed by atoms with van der Waals surface area (Å²) in [7, 11) is 0. The molecule has 2 N–H and O–H groups in total. The van der Waals surface area contributed by atoms with Gasteiger partial charge in [0.15, 0.2) is 0 Å². The Bertz CT molecular complexity index is 731. The van der Waals surface area contributed by atoms with Crippen LogP contribution in [-0.4, -0.2) is 15.9 Å². The number of nitrogens with zero attached hydrogens (tertiary/aromatic N) is 2. The number of benzene rings is 1. The zero-order chi connectivity index (χ0) is 14.7. The predicted molar refractivity (Wildman–Crippen MR) is 83.8 cm³/mol. The Kier molecular flexibility index (Phi) is 3.88. The van der Waals surface area contributed by atoms with E-state index in [-0.39, 0.29) is 0 Å². The number of fused-ring (bicyclic) bond motifs is 1. The molecule has 0 aliphatic rings. The highest BCUT2D eigenvalue weighted by Crippen LogP contribution is 2.26. The van der Waals surface area contributed by atoms with E-state index in [0.717, 1.165) is 29.9 Å². The first-order valence-corrected chi connectivity index (χ1v) is 7.24. The molecule has 4 heteroatoms. The van der Waals surface area contributed by atoms with Crippen molar-refractivity contribution in [2.45, 2.75) is 19.8 Å². The van der Waals surface area contributed by atoms with E-state index in [1.165, 1.54) is 5.56 Å². The first-order valence-electron chi connectivity index (χ1n) is 7.24. The van der Waals surface area contributed by atoms with Crippen molar-refractivity contribution in [2.75, 3.05) is 6.54 Å². The number of hydrogen-bond acceptors (Lipinski definition) is 3. The van der Waals surface area contributed by atoms with Gasteiger partial charge in [0.25, 0.3) is 0 Å². The van der Waals surface area contributed by atoms with Gasteiger partial charge >= 0.3 is 0 Å². The molecule has 108 valence electrons. The van der Waals surface area contributed by atoms with Crippen molar-refractivity contribution in [3.8, 4) is 11.6 Å². The third-order valence-electron chi connectivity index (χ3n) is 3.52. The van der Waals surface area contributed by atoms with Crippen molar-refractivity contribution >= 4 is 5.65 Å². The van der Waals surface area contributed by atoms with Crippen molar-refractivity contribution in [1.29, 1.82) is 0 Å². The summed E-state index contributed by atoms with van der Waals surface area (Å²) < 4.78 is 7.99. The zero-order valence-electron chi connectivity index (χ0n) is 12.1. The summed E-state index contributed by atoms with van der Waals surface area (Å²) in [6.45, 7) is 2.70. The van der Waals surface area contributed by atoms with Gasteiger partial charge in [-0.2, -0.15) is 4.98 Å². The van der Waals surface area contributed by atoms with E-state index < -0.39 is 0 Å². The van der Waals surface area contributed by atoms with Crippen LogP contribution in [0, 0.1) is 0 Å². The van der Waals surface area contributed by atoms with E-state index in [1.807, 2.05) is 40.9 Å². The van der Waals surface area contributed by atoms with Gasteiger partial charge in [0, 0.05) is 12.6 Å². The Balaban J connectivity index is 1.96. The van der Waals surface area contributed by atoms with Crippen LogP contribution in [0.15, 0.2) is 48.7 Å². The van der Waals surface area contributed by atoms with E-state index in [1.54, 1.807) is 0 Å². The maximum absolute atomic E-state index is 5.96. The largest absolute Gasteiger partial charge is 0.437 e. The monoisotopic (exact) mass is 281 g/mol. The number of hydrogen-bond donors (Lipinski definition) is 1. The van der Waals surface area contributed by atoms with Gasteiger partial charge in [-0.15, -0.1) is 0 Å². The fourth-order valence-corrected chi connectivity index (χ4v) is 2.38. The normalized spacial score (nSPS) is 11.0. The molecule has 0 amide bonds. The molecule has 0 aliphatic carbocycles. The van der Waals surface area contributed by atoms with Gasteiger partial charge < -0.3 is 14.9 Å². The van der Waals surface area contributed by atoms with E-state index in [4.69, 9.17) is 10.5 Å². The summed E-state index contributed by atoms with van der Waals surface area (Å²) in [5.74, 6) is 1.43. The Hall–Kier alpha value is -2.33. The maximum Gasteiger partial charge on any atom is 0.241 e. The standard InChI is InChI=1S/C17H19N3O/c1-2-13-6-8-14(9-7-13)21-17-15(10-11-18)20-12-4-3-5-16(20)19-17/h3-9,12H,2,10-11,18H2,1H3. The molecule has 0 saturated carbocycles. The Morgan fingerprint density at radius 1 is 1.14 bits per heavy atom. The van der Waals surface area contributed by atoms with Crippen LogP contribution in [0.1, 0.15) is 18.2 Å². The number of imidazole rings is 1. The molecule has 3 rings (SSSR count). The van der Waals surface area contributed by atoms with E-state index in [0.29, 0.717) is 12.4 Å². The molecule has 0 spiro atoms. The molecule has 4 nitrogen and oxygen atoms in total. The fraction of sp³-hybridized carbons (Fsp3) is 0.235. The first kappa shape index (κ1) is 13.6. The van der Waals surface area contributed by atoms with Crippen LogP contribution in [0.2, 0.25) is 0 Å². The molecular formula is C17H19N3O. The summed E-state index contributed by atoms with van der Waals surface area (Å²) in [6, 6.07) is 14.0. The Labute approximate surface area is 124 Å². The van der Waals surface area contributed by atoms with Crippen LogP contribution >= 0.6 is 0 Å². The van der Waals surface area contributed by atoms with Crippen LogP contribution in [0.4, 0.5) is 0 Å². The predicted octanol–water partition coefficient (Wildman–Crippen LogP) is 3.19. The first-order chi connectivity index (χ1) is 10.3. The van der Waals surface area contributed by atoms with E-state index in [2.05, 4.69) is 24.0 Å². The van der Waals surface area contributed by atoms with Gasteiger partial charge in [-0.05, 0) is 42.8 Å². The van der Waals surface area contributed by atoms with Gasteiger partial charge in [0.1, 0.15) is 11.4 Å². The third kappa shape index (κ3) is 2.76. The van der Waals surface area contributed by atoms with Crippen molar-refractivity contribution in [3.05, 3.63) is 59.9 Å². The van der Waals surface area contributed by atoms with Crippen LogP contribution in [0.5, 0.6) is 11.6 Å². The molecule has 0 bridgehead atoms. The van der Waals surface area contributed by atoms with Gasteiger partial charge in [-0.3, -0.25) is 0 Å². The van der Waals surface area contributed by atoms with E-state index >= 15 is 0 Å². The van der Waals surface area contributed by atoms with Gasteiger partial charge in [0.05, 0.1) is 5.69 Å². The quantitative estimate of drug-likeness (QED) is 0.781. The average Bonchev–Trinajstić information content (AvgIpc) is 2.86. The maximum atomic E-state index is 5.96. The van der Waals surface area contributed by atoms with Crippen molar-refractivity contribution in [2.24, 2.45) is 5.73 Å². The van der Waals surface area contributed by atoms with Crippen LogP contribution in [0.3, 0.4) is 0 Å². The highest BCUT2D eigenvalue weighted by atomic mass is 16.5. The second-order valence-electron chi connectivity index (χ2n) is 4.93. The van der Waals surface area contributed by atoms with Gasteiger partial charge in [-0.1, -0.05) is 25.1 Å². The molecule has 2 aromatic heterocycles. The van der Waals surface area contributed by atoms with Crippen LogP contribution < -0.4 is 10.5 Å². The lowest BCUT2D eigenvalue weighted by Gasteiger charge is -2.06. The minimum Gasteiger partial charge on any atom is -0.437 e. The molecule has 3 aromatic rings. The molecule has 21 heavy (non-hydrogen) atoms. The molecule has 0 fully saturated rings. The number of pyridine rings is 1.